The number of rotatable bonds is 48. The van der Waals surface area contributed by atoms with Crippen molar-refractivity contribution in [1.82, 2.24) is 0 Å². The maximum atomic E-state index is 11.6. The van der Waals surface area contributed by atoms with Crippen molar-refractivity contribution in [1.29, 1.82) is 0 Å². The predicted molar refractivity (Wildman–Crippen MR) is 248 cm³/mol. The van der Waals surface area contributed by atoms with Crippen LogP contribution in [-0.2, 0) is 19.6 Å². The Kier molecular flexibility index (Phi) is 50.1. The van der Waals surface area contributed by atoms with Gasteiger partial charge >= 0.3 is 0 Å². The van der Waals surface area contributed by atoms with Crippen molar-refractivity contribution in [2.24, 2.45) is 0 Å². The lowest BCUT2D eigenvalue weighted by atomic mass is 9.85. The molecular weight excluding hydrogens is 727 g/mol. The highest BCUT2D eigenvalue weighted by molar-refractivity contribution is 7.80. The molecule has 0 saturated carbocycles. The fourth-order valence-corrected chi connectivity index (χ4v) is 8.77. The third-order valence-electron chi connectivity index (χ3n) is 12.3. The van der Waals surface area contributed by atoms with Gasteiger partial charge in [0, 0.05) is 0 Å². The standard InChI is InChI=1S/C49H100O5S.CH5N/c1-4-7-10-13-16-19-22-25-28-31-34-37-40-43-46-49(53-54-55(50,51)52,47-44-41-38-35-32-29-26-23-20-17-14-11-8-5-2)48-45-42-39-36-33-30-27-24-21-18-15-12-9-6-3;1-2/h4-48H2,1-3H3,(H,50,51,52);2H2,1H3. The van der Waals surface area contributed by atoms with E-state index in [1.54, 1.807) is 7.05 Å². The third kappa shape index (κ3) is 48.3. The summed E-state index contributed by atoms with van der Waals surface area (Å²) in [6, 6.07) is 0. The van der Waals surface area contributed by atoms with E-state index in [4.69, 9.17) is 4.89 Å². The predicted octanol–water partition coefficient (Wildman–Crippen LogP) is 16.6. The Bertz CT molecular complexity index is 760. The highest BCUT2D eigenvalue weighted by atomic mass is 32.3. The van der Waals surface area contributed by atoms with Gasteiger partial charge in [-0.1, -0.05) is 290 Å². The quantitative estimate of drug-likeness (QED) is 0.0216. The van der Waals surface area contributed by atoms with Gasteiger partial charge in [-0.15, -0.1) is 4.33 Å². The number of hydrogen-bond donors (Lipinski definition) is 1. The monoisotopic (exact) mass is 832 g/mol. The van der Waals surface area contributed by atoms with Crippen molar-refractivity contribution in [2.75, 3.05) is 7.05 Å². The van der Waals surface area contributed by atoms with E-state index >= 15 is 0 Å². The molecule has 0 aromatic heterocycles. The van der Waals surface area contributed by atoms with Crippen LogP contribution in [0.3, 0.4) is 0 Å². The number of hydrogen-bond acceptors (Lipinski definition) is 5. The van der Waals surface area contributed by atoms with Gasteiger partial charge in [0.05, 0.1) is 7.05 Å². The van der Waals surface area contributed by atoms with Gasteiger partial charge in [0.1, 0.15) is 5.60 Å². The fraction of sp³-hybridized carbons (Fsp3) is 1.00. The van der Waals surface area contributed by atoms with Gasteiger partial charge in [0.15, 0.2) is 0 Å². The van der Waals surface area contributed by atoms with Crippen molar-refractivity contribution in [3.8, 4) is 0 Å². The minimum Gasteiger partial charge on any atom is -0.724 e. The van der Waals surface area contributed by atoms with Crippen LogP contribution in [0.2, 0.25) is 0 Å². The van der Waals surface area contributed by atoms with E-state index in [0.717, 1.165) is 57.8 Å². The van der Waals surface area contributed by atoms with Crippen molar-refractivity contribution in [2.45, 2.75) is 315 Å². The van der Waals surface area contributed by atoms with Gasteiger partial charge < -0.3 is 10.3 Å². The van der Waals surface area contributed by atoms with Crippen molar-refractivity contribution < 1.29 is 27.9 Å². The van der Waals surface area contributed by atoms with Gasteiger partial charge in [0.2, 0.25) is 10.4 Å². The summed E-state index contributed by atoms with van der Waals surface area (Å²) >= 11 is 0. The van der Waals surface area contributed by atoms with E-state index < -0.39 is 16.0 Å². The topological polar surface area (TPSA) is 103 Å². The first-order chi connectivity index (χ1) is 27.9. The molecule has 0 rings (SSSR count). The first kappa shape index (κ1) is 58.9. The Labute approximate surface area is 359 Å². The normalized spacial score (nSPS) is 12.0. The molecule has 0 aromatic rings. The van der Waals surface area contributed by atoms with Gasteiger partial charge in [-0.2, -0.15) is 0 Å². The summed E-state index contributed by atoms with van der Waals surface area (Å²) in [7, 11) is -3.16. The summed E-state index contributed by atoms with van der Waals surface area (Å²) in [6.45, 7) is 6.84. The first-order valence-corrected chi connectivity index (χ1v) is 27.3. The number of unbranched alkanes of at least 4 members (excludes halogenated alkanes) is 39. The van der Waals surface area contributed by atoms with Crippen LogP contribution < -0.4 is 5.73 Å². The Morgan fingerprint density at radius 3 is 0.649 bits per heavy atom. The van der Waals surface area contributed by atoms with Crippen LogP contribution in [0.5, 0.6) is 0 Å². The Morgan fingerprint density at radius 2 is 0.491 bits per heavy atom. The lowest BCUT2D eigenvalue weighted by molar-refractivity contribution is -0.325. The van der Waals surface area contributed by atoms with Crippen LogP contribution in [0.1, 0.15) is 310 Å². The molecule has 0 bridgehead atoms. The zero-order valence-electron chi connectivity index (χ0n) is 39.5. The van der Waals surface area contributed by atoms with Crippen LogP contribution in [0, 0.1) is 0 Å². The Morgan fingerprint density at radius 1 is 0.333 bits per heavy atom. The molecule has 0 aromatic carbocycles. The van der Waals surface area contributed by atoms with Gasteiger partial charge in [-0.25, -0.2) is 13.3 Å². The maximum Gasteiger partial charge on any atom is 0.245 e. The number of quaternary nitrogens is 1. The molecule has 0 spiro atoms. The minimum atomic E-state index is -4.91. The third-order valence-corrected chi connectivity index (χ3v) is 12.5. The van der Waals surface area contributed by atoms with Crippen LogP contribution in [0.15, 0.2) is 0 Å². The molecule has 0 aliphatic rings. The summed E-state index contributed by atoms with van der Waals surface area (Å²) in [6.07, 6.45) is 57.3. The van der Waals surface area contributed by atoms with Crippen LogP contribution in [0.25, 0.3) is 0 Å². The van der Waals surface area contributed by atoms with E-state index in [9.17, 15) is 13.0 Å². The summed E-state index contributed by atoms with van der Waals surface area (Å²) < 4.78 is 39.4. The second kappa shape index (κ2) is 48.5. The zero-order valence-corrected chi connectivity index (χ0v) is 40.3. The molecule has 57 heavy (non-hydrogen) atoms. The molecule has 0 amide bonds. The van der Waals surface area contributed by atoms with E-state index in [0.29, 0.717) is 0 Å². The Hall–Kier alpha value is -0.210. The molecular formula is C50H105NO5S. The average molecular weight is 832 g/mol. The largest absolute Gasteiger partial charge is 0.724 e. The first-order valence-electron chi connectivity index (χ1n) is 25.9. The lowest BCUT2D eigenvalue weighted by Crippen LogP contribution is -2.40. The molecule has 0 saturated heterocycles. The molecule has 7 heteroatoms. The fourth-order valence-electron chi connectivity index (χ4n) is 8.54. The average Bonchev–Trinajstić information content (AvgIpc) is 3.20. The molecule has 0 aliphatic heterocycles. The van der Waals surface area contributed by atoms with Crippen molar-refractivity contribution >= 4 is 10.4 Å². The Balaban J connectivity index is 0. The molecule has 3 N–H and O–H groups in total. The second-order valence-electron chi connectivity index (χ2n) is 17.8. The molecule has 0 fully saturated rings. The van der Waals surface area contributed by atoms with Gasteiger partial charge in [-0.3, -0.25) is 0 Å². The van der Waals surface area contributed by atoms with Crippen molar-refractivity contribution in [3.63, 3.8) is 0 Å². The maximum absolute atomic E-state index is 11.6. The minimum absolute atomic E-state index is 0.678. The summed E-state index contributed by atoms with van der Waals surface area (Å²) in [4.78, 5) is 5.73. The molecule has 0 atom stereocenters. The van der Waals surface area contributed by atoms with E-state index in [1.807, 2.05) is 0 Å². The van der Waals surface area contributed by atoms with Crippen LogP contribution in [-0.4, -0.2) is 25.6 Å². The van der Waals surface area contributed by atoms with Crippen LogP contribution in [0.4, 0.5) is 0 Å². The molecule has 0 aliphatic carbocycles. The summed E-state index contributed by atoms with van der Waals surface area (Å²) in [5.74, 6) is 0. The van der Waals surface area contributed by atoms with Gasteiger partial charge in [-0.05, 0) is 19.3 Å². The lowest BCUT2D eigenvalue weighted by Gasteiger charge is -2.33. The van der Waals surface area contributed by atoms with E-state index in [-0.39, 0.29) is 0 Å². The highest BCUT2D eigenvalue weighted by Gasteiger charge is 2.32. The zero-order chi connectivity index (χ0) is 42.2. The SMILES string of the molecule is CCCCCCCCCCCCCCCCC(CCCCCCCCCCCCCCCC)(CCCCCCCCCCCCCCCC)OOS(=O)(=O)[O-].C[NH3+]. The van der Waals surface area contributed by atoms with Gasteiger partial charge in [0.25, 0.3) is 0 Å². The molecule has 6 nitrogen and oxygen atoms in total. The van der Waals surface area contributed by atoms with E-state index in [1.165, 1.54) is 231 Å². The second-order valence-corrected chi connectivity index (χ2v) is 18.7. The van der Waals surface area contributed by atoms with Crippen molar-refractivity contribution in [3.05, 3.63) is 0 Å². The summed E-state index contributed by atoms with van der Waals surface area (Å²) in [5, 5.41) is 0. The smallest absolute Gasteiger partial charge is 0.245 e. The molecule has 0 unspecified atom stereocenters. The van der Waals surface area contributed by atoms with Crippen LogP contribution >= 0.6 is 0 Å². The molecule has 346 valence electrons. The highest BCUT2D eigenvalue weighted by Crippen LogP contribution is 2.34. The summed E-state index contributed by atoms with van der Waals surface area (Å²) in [5.41, 5.74) is 2.57. The van der Waals surface area contributed by atoms with E-state index in [2.05, 4.69) is 30.8 Å². The molecule has 0 heterocycles. The molecule has 0 radical (unpaired) electrons.